The molecule has 198 valence electrons. The molecule has 1 fully saturated rings. The number of alkyl halides is 3. The second kappa shape index (κ2) is 10.3. The molecule has 1 aliphatic rings. The Hall–Kier alpha value is -3.83. The number of halogens is 3. The van der Waals surface area contributed by atoms with Crippen LogP contribution in [0.2, 0.25) is 0 Å². The molecule has 0 unspecified atom stereocenters. The number of carbonyl (C=O) groups excluding carboxylic acids is 1. The van der Waals surface area contributed by atoms with Gasteiger partial charge in [-0.15, -0.1) is 0 Å². The number of nitrogens with one attached hydrogen (secondary N) is 1. The summed E-state index contributed by atoms with van der Waals surface area (Å²) in [6.07, 6.45) is -2.80. The summed E-state index contributed by atoms with van der Waals surface area (Å²) in [6, 6.07) is 4.51. The van der Waals surface area contributed by atoms with E-state index in [4.69, 9.17) is 15.2 Å². The lowest BCUT2D eigenvalue weighted by atomic mass is 10.1. The number of anilines is 2. The summed E-state index contributed by atoms with van der Waals surface area (Å²) in [6.45, 7) is 5.92. The van der Waals surface area contributed by atoms with Gasteiger partial charge in [0, 0.05) is 24.9 Å². The van der Waals surface area contributed by atoms with E-state index in [0.717, 1.165) is 25.0 Å². The predicted octanol–water partition coefficient (Wildman–Crippen LogP) is 4.51. The third-order valence-electron chi connectivity index (χ3n) is 6.29. The molecule has 0 bridgehead atoms. The van der Waals surface area contributed by atoms with E-state index in [0.29, 0.717) is 47.2 Å². The number of rotatable bonds is 7. The number of hydrogen-bond acceptors (Lipinski definition) is 8. The number of benzene rings is 1. The highest BCUT2D eigenvalue weighted by Gasteiger charge is 2.32. The van der Waals surface area contributed by atoms with Crippen LogP contribution >= 0.6 is 0 Å². The van der Waals surface area contributed by atoms with Crippen LogP contribution in [0.1, 0.15) is 49.8 Å². The molecule has 2 atom stereocenters. The molecule has 1 amide bonds. The fourth-order valence-corrected chi connectivity index (χ4v) is 4.48. The summed E-state index contributed by atoms with van der Waals surface area (Å²) < 4.78 is 51.5. The maximum absolute atomic E-state index is 13.3. The van der Waals surface area contributed by atoms with Crippen molar-refractivity contribution in [1.29, 1.82) is 0 Å². The van der Waals surface area contributed by atoms with E-state index in [1.165, 1.54) is 7.11 Å². The Morgan fingerprint density at radius 2 is 1.97 bits per heavy atom. The van der Waals surface area contributed by atoms with Gasteiger partial charge >= 0.3 is 6.18 Å². The zero-order valence-electron chi connectivity index (χ0n) is 21.0. The van der Waals surface area contributed by atoms with Gasteiger partial charge in [-0.3, -0.25) is 4.79 Å². The third kappa shape index (κ3) is 5.78. The van der Waals surface area contributed by atoms with Gasteiger partial charge in [0.1, 0.15) is 24.1 Å². The Morgan fingerprint density at radius 1 is 1.22 bits per heavy atom. The van der Waals surface area contributed by atoms with Crippen molar-refractivity contribution in [1.82, 2.24) is 19.9 Å². The molecule has 3 heterocycles. The fourth-order valence-electron chi connectivity index (χ4n) is 4.48. The summed E-state index contributed by atoms with van der Waals surface area (Å²) in [5.41, 5.74) is 5.45. The van der Waals surface area contributed by atoms with E-state index in [1.54, 1.807) is 37.8 Å². The Balaban J connectivity index is 1.66. The molecular weight excluding hydrogens is 489 g/mol. The van der Waals surface area contributed by atoms with Crippen molar-refractivity contribution in [2.75, 3.05) is 31.3 Å². The molecule has 4 rings (SSSR count). The second-order valence-electron chi connectivity index (χ2n) is 9.03. The number of nitrogens with zero attached hydrogens (tertiary/aromatic N) is 4. The van der Waals surface area contributed by atoms with Crippen LogP contribution in [-0.2, 0) is 11.0 Å². The van der Waals surface area contributed by atoms with Gasteiger partial charge in [-0.1, -0.05) is 0 Å². The van der Waals surface area contributed by atoms with Gasteiger partial charge in [0.15, 0.2) is 11.5 Å². The summed E-state index contributed by atoms with van der Waals surface area (Å²) in [5, 5.41) is 3.73. The number of ether oxygens (including phenoxy) is 2. The van der Waals surface area contributed by atoms with Gasteiger partial charge in [0.2, 0.25) is 5.91 Å². The molecule has 3 aromatic rings. The van der Waals surface area contributed by atoms with E-state index in [2.05, 4.69) is 20.3 Å². The minimum atomic E-state index is -4.55. The van der Waals surface area contributed by atoms with Crippen LogP contribution in [0, 0.1) is 6.92 Å². The first-order chi connectivity index (χ1) is 17.5. The van der Waals surface area contributed by atoms with E-state index in [9.17, 15) is 18.0 Å². The highest BCUT2D eigenvalue weighted by Crippen LogP contribution is 2.36. The highest BCUT2D eigenvalue weighted by atomic mass is 19.4. The number of nitrogens with two attached hydrogens (primary N) is 1. The van der Waals surface area contributed by atoms with Gasteiger partial charge in [-0.2, -0.15) is 13.2 Å². The van der Waals surface area contributed by atoms with Crippen LogP contribution in [0.25, 0.3) is 10.9 Å². The number of likely N-dealkylation sites (tertiary alicyclic amines) is 1. The Kier molecular flexibility index (Phi) is 7.28. The van der Waals surface area contributed by atoms with E-state index >= 15 is 0 Å². The third-order valence-corrected chi connectivity index (χ3v) is 6.29. The van der Waals surface area contributed by atoms with Crippen molar-refractivity contribution >= 4 is 28.4 Å². The molecule has 0 saturated carbocycles. The van der Waals surface area contributed by atoms with Crippen LogP contribution in [0.5, 0.6) is 11.5 Å². The molecule has 2 aromatic heterocycles. The molecule has 1 aliphatic heterocycles. The smallest absolute Gasteiger partial charge is 0.416 e. The normalized spacial score (nSPS) is 16.6. The SMILES string of the molecule is COc1cc2nc(C)nc(N[C@H](C)c3cc(C(F)(F)F)cc(N)n3)c2cc1OC[C@@H]1CCCN1C(C)=O. The van der Waals surface area contributed by atoms with Crippen molar-refractivity contribution < 1.29 is 27.4 Å². The number of methoxy groups -OCH3 is 1. The van der Waals surface area contributed by atoms with E-state index < -0.39 is 17.8 Å². The largest absolute Gasteiger partial charge is 0.493 e. The number of hydrogen-bond donors (Lipinski definition) is 2. The Bertz CT molecular complexity index is 1320. The second-order valence-corrected chi connectivity index (χ2v) is 9.03. The molecule has 0 aliphatic carbocycles. The van der Waals surface area contributed by atoms with Gasteiger partial charge in [-0.05, 0) is 44.9 Å². The molecule has 37 heavy (non-hydrogen) atoms. The lowest BCUT2D eigenvalue weighted by molar-refractivity contribution is -0.137. The molecule has 0 spiro atoms. The molecule has 3 N–H and O–H groups in total. The van der Waals surface area contributed by atoms with Crippen molar-refractivity contribution in [2.24, 2.45) is 0 Å². The van der Waals surface area contributed by atoms with E-state index in [-0.39, 0.29) is 23.5 Å². The molecule has 12 heteroatoms. The van der Waals surface area contributed by atoms with Gasteiger partial charge in [0.25, 0.3) is 0 Å². The zero-order valence-corrected chi connectivity index (χ0v) is 21.0. The summed E-state index contributed by atoms with van der Waals surface area (Å²) in [7, 11) is 1.52. The van der Waals surface area contributed by atoms with Crippen LogP contribution in [0.3, 0.4) is 0 Å². The Labute approximate surface area is 212 Å². The highest BCUT2D eigenvalue weighted by molar-refractivity contribution is 5.92. The van der Waals surface area contributed by atoms with Gasteiger partial charge < -0.3 is 25.4 Å². The number of amides is 1. The summed E-state index contributed by atoms with van der Waals surface area (Å²) in [4.78, 5) is 26.7. The number of fused-ring (bicyclic) bond motifs is 1. The standard InChI is InChI=1S/C25H29F3N6O3/c1-13(19-8-16(25(26,27)28)9-23(29)33-19)30-24-18-10-22(21(36-4)11-20(18)31-14(2)32-24)37-12-17-6-5-7-34(17)15(3)35/h8-11,13,17H,5-7,12H2,1-4H3,(H2,29,33)(H,30,31,32)/t13-,17+/m1/s1. The predicted molar refractivity (Wildman–Crippen MR) is 132 cm³/mol. The molecule has 1 aromatic carbocycles. The molecule has 9 nitrogen and oxygen atoms in total. The van der Waals surface area contributed by atoms with Crippen LogP contribution in [-0.4, -0.2) is 52.1 Å². The summed E-state index contributed by atoms with van der Waals surface area (Å²) >= 11 is 0. The Morgan fingerprint density at radius 3 is 2.65 bits per heavy atom. The first-order valence-corrected chi connectivity index (χ1v) is 11.8. The molecule has 1 saturated heterocycles. The zero-order chi connectivity index (χ0) is 26.9. The van der Waals surface area contributed by atoms with E-state index in [1.807, 2.05) is 0 Å². The van der Waals surface area contributed by atoms with Crippen LogP contribution in [0.4, 0.5) is 24.8 Å². The quantitative estimate of drug-likeness (QED) is 0.470. The average molecular weight is 519 g/mol. The average Bonchev–Trinajstić information content (AvgIpc) is 3.30. The number of pyridine rings is 1. The summed E-state index contributed by atoms with van der Waals surface area (Å²) in [5.74, 6) is 1.53. The number of nitrogen functional groups attached to an aromatic ring is 1. The molecular formula is C25H29F3N6O3. The van der Waals surface area contributed by atoms with Crippen LogP contribution in [0.15, 0.2) is 24.3 Å². The minimum absolute atomic E-state index is 0.00441. The maximum atomic E-state index is 13.3. The monoisotopic (exact) mass is 518 g/mol. The topological polar surface area (TPSA) is 115 Å². The number of aryl methyl sites for hydroxylation is 1. The van der Waals surface area contributed by atoms with Crippen molar-refractivity contribution in [2.45, 2.75) is 51.9 Å². The minimum Gasteiger partial charge on any atom is -0.493 e. The molecule has 0 radical (unpaired) electrons. The lowest BCUT2D eigenvalue weighted by Gasteiger charge is -2.24. The van der Waals surface area contributed by atoms with Crippen LogP contribution < -0.4 is 20.5 Å². The van der Waals surface area contributed by atoms with Gasteiger partial charge in [0.05, 0.1) is 36.0 Å². The lowest BCUT2D eigenvalue weighted by Crippen LogP contribution is -2.37. The van der Waals surface area contributed by atoms with Gasteiger partial charge in [-0.25, -0.2) is 15.0 Å². The number of carbonyl (C=O) groups is 1. The van der Waals surface area contributed by atoms with Crippen molar-refractivity contribution in [3.8, 4) is 11.5 Å². The van der Waals surface area contributed by atoms with Crippen molar-refractivity contribution in [3.05, 3.63) is 41.3 Å². The first-order valence-electron chi connectivity index (χ1n) is 11.8. The van der Waals surface area contributed by atoms with Crippen molar-refractivity contribution in [3.63, 3.8) is 0 Å². The fraction of sp³-hybridized carbons (Fsp3) is 0.440. The first kappa shape index (κ1) is 26.2. The number of aromatic nitrogens is 3. The maximum Gasteiger partial charge on any atom is 0.416 e.